The van der Waals surface area contributed by atoms with E-state index in [2.05, 4.69) is 17.5 Å². The predicted molar refractivity (Wildman–Crippen MR) is 60.4 cm³/mol. The molecule has 1 saturated heterocycles. The number of carbonyl (C=O) groups excluding carboxylic acids is 1. The molecule has 0 radical (unpaired) electrons. The lowest BCUT2D eigenvalue weighted by Gasteiger charge is -2.32. The minimum absolute atomic E-state index is 0.259. The molecule has 0 spiro atoms. The van der Waals surface area contributed by atoms with Crippen LogP contribution in [0.2, 0.25) is 0 Å². The summed E-state index contributed by atoms with van der Waals surface area (Å²) in [6, 6.07) is 0.458. The molecule has 1 amide bonds. The normalized spacial score (nSPS) is 20.2. The molecule has 0 bridgehead atoms. The molecule has 1 heterocycles. The molecule has 8 heteroatoms. The summed E-state index contributed by atoms with van der Waals surface area (Å²) < 4.78 is 31.7. The fourth-order valence-corrected chi connectivity index (χ4v) is 1.86. The Balaban J connectivity index is 0.000000224. The van der Waals surface area contributed by atoms with Crippen LogP contribution < -0.4 is 5.32 Å². The van der Waals surface area contributed by atoms with E-state index in [1.165, 1.54) is 0 Å². The van der Waals surface area contributed by atoms with Gasteiger partial charge in [-0.25, -0.2) is 4.79 Å². The third kappa shape index (κ3) is 4.90. The van der Waals surface area contributed by atoms with Crippen LogP contribution in [0.3, 0.4) is 0 Å². The fourth-order valence-electron chi connectivity index (χ4n) is 1.86. The van der Waals surface area contributed by atoms with Crippen LogP contribution in [0.1, 0.15) is 12.8 Å². The van der Waals surface area contributed by atoms with Crippen LogP contribution in [0.25, 0.3) is 0 Å². The molecule has 0 aromatic carbocycles. The number of hydrogen-bond acceptors (Lipinski definition) is 3. The first-order valence-corrected chi connectivity index (χ1v) is 5.77. The van der Waals surface area contributed by atoms with Crippen molar-refractivity contribution in [1.29, 1.82) is 0 Å². The van der Waals surface area contributed by atoms with Gasteiger partial charge in [-0.3, -0.25) is 4.79 Å². The predicted octanol–water partition coefficient (Wildman–Crippen LogP) is 0.770. The van der Waals surface area contributed by atoms with Gasteiger partial charge < -0.3 is 15.3 Å². The molecule has 1 aliphatic carbocycles. The monoisotopic (exact) mass is 280 g/mol. The maximum Gasteiger partial charge on any atom is 0.490 e. The van der Waals surface area contributed by atoms with Crippen LogP contribution in [0.4, 0.5) is 13.2 Å². The van der Waals surface area contributed by atoms with Crippen LogP contribution in [-0.2, 0) is 9.59 Å². The van der Waals surface area contributed by atoms with Crippen molar-refractivity contribution in [3.63, 3.8) is 0 Å². The van der Waals surface area contributed by atoms with Crippen molar-refractivity contribution in [2.24, 2.45) is 0 Å². The zero-order valence-corrected chi connectivity index (χ0v) is 10.1. The summed E-state index contributed by atoms with van der Waals surface area (Å²) in [7, 11) is 0. The maximum absolute atomic E-state index is 11.4. The van der Waals surface area contributed by atoms with Gasteiger partial charge in [-0.1, -0.05) is 12.2 Å². The van der Waals surface area contributed by atoms with Crippen molar-refractivity contribution in [2.45, 2.75) is 25.1 Å². The number of halogens is 3. The second-order valence-electron chi connectivity index (χ2n) is 4.16. The van der Waals surface area contributed by atoms with Crippen LogP contribution >= 0.6 is 0 Å². The molecular formula is C11H15F3N2O3. The minimum atomic E-state index is -5.08. The lowest BCUT2D eigenvalue weighted by Crippen LogP contribution is -2.51. The van der Waals surface area contributed by atoms with Gasteiger partial charge >= 0.3 is 12.1 Å². The number of carboxylic acid groups (broad SMARTS) is 1. The highest BCUT2D eigenvalue weighted by Crippen LogP contribution is 2.17. The fraction of sp³-hybridized carbons (Fsp3) is 0.636. The number of piperazine rings is 1. The number of nitrogens with one attached hydrogen (secondary N) is 1. The molecule has 2 aliphatic rings. The average molecular weight is 280 g/mol. The van der Waals surface area contributed by atoms with E-state index >= 15 is 0 Å². The Kier molecular flexibility index (Phi) is 5.34. The number of aliphatic carboxylic acids is 1. The molecule has 0 atom stereocenters. The smallest absolute Gasteiger partial charge is 0.475 e. The van der Waals surface area contributed by atoms with Crippen molar-refractivity contribution in [3.05, 3.63) is 12.2 Å². The summed E-state index contributed by atoms with van der Waals surface area (Å²) in [4.78, 5) is 22.3. The summed E-state index contributed by atoms with van der Waals surface area (Å²) in [5.74, 6) is -2.50. The highest BCUT2D eigenvalue weighted by molar-refractivity contribution is 5.79. The highest BCUT2D eigenvalue weighted by Gasteiger charge is 2.38. The number of hydrogen-bond donors (Lipinski definition) is 2. The molecule has 1 fully saturated rings. The minimum Gasteiger partial charge on any atom is -0.475 e. The van der Waals surface area contributed by atoms with E-state index in [9.17, 15) is 18.0 Å². The van der Waals surface area contributed by atoms with Crippen LogP contribution in [-0.4, -0.2) is 53.7 Å². The zero-order valence-electron chi connectivity index (χ0n) is 10.1. The molecule has 108 valence electrons. The Hall–Kier alpha value is -1.57. The zero-order chi connectivity index (χ0) is 14.5. The van der Waals surface area contributed by atoms with Crippen LogP contribution in [0.15, 0.2) is 12.2 Å². The number of carbonyl (C=O) groups is 2. The number of rotatable bonds is 1. The SMILES string of the molecule is O=C(O)C(F)(F)F.O=C1CNCCN1C1CC=CC1. The van der Waals surface area contributed by atoms with Crippen molar-refractivity contribution in [3.8, 4) is 0 Å². The van der Waals surface area contributed by atoms with Crippen molar-refractivity contribution < 1.29 is 27.9 Å². The molecule has 0 unspecified atom stereocenters. The topological polar surface area (TPSA) is 69.6 Å². The Morgan fingerprint density at radius 3 is 2.32 bits per heavy atom. The summed E-state index contributed by atoms with van der Waals surface area (Å²) in [6.07, 6.45) is 1.34. The van der Waals surface area contributed by atoms with Gasteiger partial charge in [0.2, 0.25) is 5.91 Å². The third-order valence-corrected chi connectivity index (χ3v) is 2.79. The van der Waals surface area contributed by atoms with Gasteiger partial charge in [-0.15, -0.1) is 0 Å². The lowest BCUT2D eigenvalue weighted by atomic mass is 10.2. The van der Waals surface area contributed by atoms with Gasteiger partial charge in [-0.2, -0.15) is 13.2 Å². The van der Waals surface area contributed by atoms with Crippen molar-refractivity contribution in [1.82, 2.24) is 10.2 Å². The number of amides is 1. The summed E-state index contributed by atoms with van der Waals surface area (Å²) >= 11 is 0. The Labute approximate surface area is 108 Å². The molecular weight excluding hydrogens is 265 g/mol. The van der Waals surface area contributed by atoms with Gasteiger partial charge in [0.25, 0.3) is 0 Å². The van der Waals surface area contributed by atoms with Gasteiger partial charge in [0, 0.05) is 19.1 Å². The number of alkyl halides is 3. The highest BCUT2D eigenvalue weighted by atomic mass is 19.4. The molecule has 2 rings (SSSR count). The first-order valence-electron chi connectivity index (χ1n) is 5.77. The first-order chi connectivity index (χ1) is 8.82. The van der Waals surface area contributed by atoms with Gasteiger partial charge in [0.05, 0.1) is 6.54 Å². The quantitative estimate of drug-likeness (QED) is 0.696. The lowest BCUT2D eigenvalue weighted by molar-refractivity contribution is -0.192. The third-order valence-electron chi connectivity index (χ3n) is 2.79. The van der Waals surface area contributed by atoms with Crippen LogP contribution in [0.5, 0.6) is 0 Å². The van der Waals surface area contributed by atoms with Crippen molar-refractivity contribution >= 4 is 11.9 Å². The summed E-state index contributed by atoms with van der Waals surface area (Å²) in [6.45, 7) is 2.35. The van der Waals surface area contributed by atoms with E-state index in [1.54, 1.807) is 0 Å². The van der Waals surface area contributed by atoms with E-state index in [1.807, 2.05) is 4.90 Å². The van der Waals surface area contributed by atoms with E-state index in [4.69, 9.17) is 9.90 Å². The summed E-state index contributed by atoms with van der Waals surface area (Å²) in [5, 5.41) is 10.2. The molecule has 5 nitrogen and oxygen atoms in total. The Morgan fingerprint density at radius 1 is 1.37 bits per heavy atom. The van der Waals surface area contributed by atoms with E-state index in [0.717, 1.165) is 25.9 Å². The average Bonchev–Trinajstić information content (AvgIpc) is 2.82. The second-order valence-corrected chi connectivity index (χ2v) is 4.16. The van der Waals surface area contributed by atoms with Gasteiger partial charge in [0.1, 0.15) is 0 Å². The van der Waals surface area contributed by atoms with E-state index < -0.39 is 12.1 Å². The van der Waals surface area contributed by atoms with E-state index in [0.29, 0.717) is 12.6 Å². The molecule has 1 aliphatic heterocycles. The molecule has 0 saturated carbocycles. The standard InChI is InChI=1S/C9H14N2O.C2HF3O2/c12-9-7-10-5-6-11(9)8-3-1-2-4-8;3-2(4,5)1(6)7/h1-2,8,10H,3-7H2;(H,6,7). The van der Waals surface area contributed by atoms with Crippen LogP contribution in [0, 0.1) is 0 Å². The maximum atomic E-state index is 11.4. The molecule has 19 heavy (non-hydrogen) atoms. The number of nitrogens with zero attached hydrogens (tertiary/aromatic N) is 1. The second kappa shape index (κ2) is 6.55. The van der Waals surface area contributed by atoms with E-state index in [-0.39, 0.29) is 5.91 Å². The van der Waals surface area contributed by atoms with Gasteiger partial charge in [0.15, 0.2) is 0 Å². The largest absolute Gasteiger partial charge is 0.490 e. The van der Waals surface area contributed by atoms with Crippen molar-refractivity contribution in [2.75, 3.05) is 19.6 Å². The Morgan fingerprint density at radius 2 is 1.89 bits per heavy atom. The summed E-state index contributed by atoms with van der Waals surface area (Å²) in [5.41, 5.74) is 0. The molecule has 0 aromatic heterocycles. The van der Waals surface area contributed by atoms with Gasteiger partial charge in [-0.05, 0) is 12.8 Å². The molecule has 2 N–H and O–H groups in total. The first kappa shape index (κ1) is 15.5. The molecule has 0 aromatic rings. The Bertz CT molecular complexity index is 361. The number of carboxylic acids is 1.